The summed E-state index contributed by atoms with van der Waals surface area (Å²) in [4.78, 5) is 0. The summed E-state index contributed by atoms with van der Waals surface area (Å²) in [5, 5.41) is 0. The molecule has 2 radical (unpaired) electrons. The molecule has 0 aromatic heterocycles. The van der Waals surface area contributed by atoms with Crippen LogP contribution in [0.4, 0.5) is 0 Å². The van der Waals surface area contributed by atoms with E-state index < -0.39 is 0 Å². The van der Waals surface area contributed by atoms with Crippen LogP contribution in [-0.4, -0.2) is 7.85 Å². The van der Waals surface area contributed by atoms with E-state index in [0.717, 1.165) is 0 Å². The van der Waals surface area contributed by atoms with E-state index >= 15 is 0 Å². The van der Waals surface area contributed by atoms with E-state index in [0.29, 0.717) is 11.2 Å². The highest BCUT2D eigenvalue weighted by atomic mass is 14.3. The van der Waals surface area contributed by atoms with Crippen LogP contribution in [0.5, 0.6) is 0 Å². The lowest BCUT2D eigenvalue weighted by Crippen LogP contribution is -2.24. The lowest BCUT2D eigenvalue weighted by Gasteiger charge is -2.37. The SMILES string of the molecule is [B]C(CCCCCCCC)C(CC)(CC)CC. The van der Waals surface area contributed by atoms with Gasteiger partial charge in [0.05, 0.1) is 7.85 Å². The lowest BCUT2D eigenvalue weighted by atomic mass is 9.59. The Morgan fingerprint density at radius 3 is 1.71 bits per heavy atom. The maximum absolute atomic E-state index is 6.43. The van der Waals surface area contributed by atoms with Gasteiger partial charge in [0.1, 0.15) is 0 Å². The van der Waals surface area contributed by atoms with Gasteiger partial charge in [0.2, 0.25) is 0 Å². The van der Waals surface area contributed by atoms with E-state index in [1.807, 2.05) is 0 Å². The molecule has 0 aliphatic carbocycles. The van der Waals surface area contributed by atoms with Crippen LogP contribution >= 0.6 is 0 Å². The summed E-state index contributed by atoms with van der Waals surface area (Å²) >= 11 is 0. The van der Waals surface area contributed by atoms with Crippen molar-refractivity contribution in [2.24, 2.45) is 5.41 Å². The Bertz CT molecular complexity index is 153. The molecule has 17 heavy (non-hydrogen) atoms. The second kappa shape index (κ2) is 10.0. The predicted octanol–water partition coefficient (Wildman–Crippen LogP) is 5.91. The Balaban J connectivity index is 3.79. The Morgan fingerprint density at radius 1 is 0.765 bits per heavy atom. The molecular weight excluding hydrogens is 203 g/mol. The average molecular weight is 236 g/mol. The van der Waals surface area contributed by atoms with Crippen LogP contribution < -0.4 is 0 Å². The third-order valence-electron chi connectivity index (χ3n) is 4.77. The molecule has 0 aliphatic rings. The van der Waals surface area contributed by atoms with Gasteiger partial charge in [-0.05, 0) is 5.41 Å². The van der Waals surface area contributed by atoms with Gasteiger partial charge in [-0.3, -0.25) is 0 Å². The van der Waals surface area contributed by atoms with Crippen molar-refractivity contribution in [1.82, 2.24) is 0 Å². The van der Waals surface area contributed by atoms with Crippen LogP contribution in [0.25, 0.3) is 0 Å². The molecule has 0 aromatic carbocycles. The number of unbranched alkanes of at least 4 members (excludes halogenated alkanes) is 5. The molecule has 0 saturated heterocycles. The molecule has 0 heterocycles. The van der Waals surface area contributed by atoms with Crippen molar-refractivity contribution in [2.45, 2.75) is 97.7 Å². The zero-order chi connectivity index (χ0) is 13.1. The van der Waals surface area contributed by atoms with Gasteiger partial charge < -0.3 is 0 Å². The molecule has 0 N–H and O–H groups in total. The van der Waals surface area contributed by atoms with Gasteiger partial charge in [-0.1, -0.05) is 97.7 Å². The quantitative estimate of drug-likeness (QED) is 0.309. The third-order valence-corrected chi connectivity index (χ3v) is 4.77. The summed E-state index contributed by atoms with van der Waals surface area (Å²) in [6, 6.07) is 0. The second-order valence-corrected chi connectivity index (χ2v) is 5.59. The number of hydrogen-bond donors (Lipinski definition) is 0. The van der Waals surface area contributed by atoms with Crippen LogP contribution in [0.1, 0.15) is 91.9 Å². The minimum absolute atomic E-state index is 0.406. The Labute approximate surface area is 111 Å². The summed E-state index contributed by atoms with van der Waals surface area (Å²) in [5.41, 5.74) is 0.406. The van der Waals surface area contributed by atoms with E-state index in [4.69, 9.17) is 7.85 Å². The van der Waals surface area contributed by atoms with E-state index in [1.54, 1.807) is 0 Å². The molecule has 1 heteroatoms. The molecule has 0 spiro atoms. The van der Waals surface area contributed by atoms with Crippen molar-refractivity contribution in [2.75, 3.05) is 0 Å². The van der Waals surface area contributed by atoms with Crippen molar-refractivity contribution in [3.63, 3.8) is 0 Å². The smallest absolute Gasteiger partial charge is 0.0707 e. The standard InChI is InChI=1S/C16H33B/c1-5-9-10-11-12-13-14-15(17)16(6-2,7-3)8-4/h15H,5-14H2,1-4H3. The van der Waals surface area contributed by atoms with Gasteiger partial charge in [0, 0.05) is 0 Å². The molecule has 0 bridgehead atoms. The summed E-state index contributed by atoms with van der Waals surface area (Å²) < 4.78 is 0. The molecule has 0 fully saturated rings. The topological polar surface area (TPSA) is 0 Å². The van der Waals surface area contributed by atoms with Crippen molar-refractivity contribution < 1.29 is 0 Å². The maximum Gasteiger partial charge on any atom is 0.0707 e. The number of hydrogen-bond acceptors (Lipinski definition) is 0. The van der Waals surface area contributed by atoms with Crippen LogP contribution in [0.15, 0.2) is 0 Å². The van der Waals surface area contributed by atoms with Gasteiger partial charge in [-0.25, -0.2) is 0 Å². The molecule has 1 atom stereocenters. The Hall–Kier alpha value is 0.0649. The van der Waals surface area contributed by atoms with Crippen LogP contribution in [0.2, 0.25) is 5.82 Å². The molecule has 1 unspecified atom stereocenters. The zero-order valence-corrected chi connectivity index (χ0v) is 12.7. The van der Waals surface area contributed by atoms with Crippen molar-refractivity contribution in [1.29, 1.82) is 0 Å². The molecule has 0 aromatic rings. The Morgan fingerprint density at radius 2 is 1.24 bits per heavy atom. The van der Waals surface area contributed by atoms with E-state index in [2.05, 4.69) is 27.7 Å². The fourth-order valence-electron chi connectivity index (χ4n) is 2.99. The normalized spacial score (nSPS) is 13.9. The van der Waals surface area contributed by atoms with Gasteiger partial charge in [-0.15, -0.1) is 0 Å². The maximum atomic E-state index is 6.43. The Kier molecular flexibility index (Phi) is 10.1. The highest BCUT2D eigenvalue weighted by molar-refractivity contribution is 6.12. The van der Waals surface area contributed by atoms with Crippen molar-refractivity contribution in [3.8, 4) is 0 Å². The fourth-order valence-corrected chi connectivity index (χ4v) is 2.99. The molecule has 0 rings (SSSR count). The molecule has 0 saturated carbocycles. The van der Waals surface area contributed by atoms with Gasteiger partial charge >= 0.3 is 0 Å². The molecular formula is C16H33B. The average Bonchev–Trinajstić information content (AvgIpc) is 2.36. The summed E-state index contributed by atoms with van der Waals surface area (Å²) in [5.74, 6) is 0.411. The fraction of sp³-hybridized carbons (Fsp3) is 1.00. The lowest BCUT2D eigenvalue weighted by molar-refractivity contribution is 0.221. The zero-order valence-electron chi connectivity index (χ0n) is 12.7. The summed E-state index contributed by atoms with van der Waals surface area (Å²) in [6.07, 6.45) is 13.2. The number of rotatable bonds is 11. The van der Waals surface area contributed by atoms with E-state index in [9.17, 15) is 0 Å². The van der Waals surface area contributed by atoms with Crippen molar-refractivity contribution >= 4 is 7.85 Å². The first-order valence-electron chi connectivity index (χ1n) is 7.92. The van der Waals surface area contributed by atoms with Gasteiger partial charge in [-0.2, -0.15) is 0 Å². The minimum atomic E-state index is 0.406. The third kappa shape index (κ3) is 5.97. The highest BCUT2D eigenvalue weighted by Crippen LogP contribution is 2.43. The molecule has 0 nitrogen and oxygen atoms in total. The highest BCUT2D eigenvalue weighted by Gasteiger charge is 2.29. The molecule has 0 amide bonds. The van der Waals surface area contributed by atoms with Gasteiger partial charge in [0.25, 0.3) is 0 Å². The summed E-state index contributed by atoms with van der Waals surface area (Å²) in [6.45, 7) is 9.17. The largest absolute Gasteiger partial charge is 0.0719 e. The van der Waals surface area contributed by atoms with E-state index in [-0.39, 0.29) is 0 Å². The van der Waals surface area contributed by atoms with Crippen LogP contribution in [-0.2, 0) is 0 Å². The van der Waals surface area contributed by atoms with Crippen molar-refractivity contribution in [3.05, 3.63) is 0 Å². The predicted molar refractivity (Wildman–Crippen MR) is 80.8 cm³/mol. The molecule has 0 aliphatic heterocycles. The van der Waals surface area contributed by atoms with Crippen LogP contribution in [0.3, 0.4) is 0 Å². The monoisotopic (exact) mass is 236 g/mol. The minimum Gasteiger partial charge on any atom is -0.0719 e. The van der Waals surface area contributed by atoms with E-state index in [1.165, 1.54) is 64.2 Å². The molecule has 100 valence electrons. The second-order valence-electron chi connectivity index (χ2n) is 5.59. The first kappa shape index (κ1) is 17.1. The van der Waals surface area contributed by atoms with Crippen LogP contribution in [0, 0.1) is 5.41 Å². The first-order chi connectivity index (χ1) is 8.16. The first-order valence-corrected chi connectivity index (χ1v) is 7.92. The van der Waals surface area contributed by atoms with Gasteiger partial charge in [0.15, 0.2) is 0 Å². The summed E-state index contributed by atoms with van der Waals surface area (Å²) in [7, 11) is 6.43.